The molecular formula is C6H8N4O3. The maximum absolute atomic E-state index is 10.4. The van der Waals surface area contributed by atoms with Gasteiger partial charge in [-0.15, -0.1) is 0 Å². The molecule has 7 nitrogen and oxygen atoms in total. The van der Waals surface area contributed by atoms with Crippen LogP contribution < -0.4 is 10.1 Å². The van der Waals surface area contributed by atoms with E-state index in [9.17, 15) is 10.1 Å². The van der Waals surface area contributed by atoms with Gasteiger partial charge in [-0.05, 0) is 0 Å². The standard InChI is InChI=1S/C6H8N4O3/c1-7-6-8-3-4(10(11)12)5(9-6)13-2/h3H,1-2H3,(H,7,8,9). The third kappa shape index (κ3) is 1.81. The second kappa shape index (κ2) is 3.65. The molecule has 1 aromatic rings. The van der Waals surface area contributed by atoms with Crippen LogP contribution >= 0.6 is 0 Å². The fourth-order valence-electron chi connectivity index (χ4n) is 0.756. The number of nitrogens with zero attached hydrogens (tertiary/aromatic N) is 3. The van der Waals surface area contributed by atoms with Gasteiger partial charge in [0.2, 0.25) is 5.95 Å². The van der Waals surface area contributed by atoms with Crippen LogP contribution in [0.2, 0.25) is 0 Å². The summed E-state index contributed by atoms with van der Waals surface area (Å²) in [5.41, 5.74) is -0.249. The van der Waals surface area contributed by atoms with Crippen molar-refractivity contribution in [3.05, 3.63) is 16.3 Å². The van der Waals surface area contributed by atoms with Crippen molar-refractivity contribution in [1.82, 2.24) is 9.97 Å². The molecule has 1 aromatic heterocycles. The van der Waals surface area contributed by atoms with E-state index in [1.807, 2.05) is 0 Å². The summed E-state index contributed by atoms with van der Waals surface area (Å²) in [5, 5.41) is 13.0. The van der Waals surface area contributed by atoms with E-state index in [0.717, 1.165) is 6.20 Å². The first-order chi connectivity index (χ1) is 6.19. The predicted molar refractivity (Wildman–Crippen MR) is 44.8 cm³/mol. The van der Waals surface area contributed by atoms with Gasteiger partial charge in [0, 0.05) is 7.05 Å². The minimum absolute atomic E-state index is 0.0515. The minimum Gasteiger partial charge on any atom is -0.476 e. The number of rotatable bonds is 3. The molecule has 0 amide bonds. The Kier molecular flexibility index (Phi) is 2.58. The Morgan fingerprint density at radius 2 is 2.38 bits per heavy atom. The topological polar surface area (TPSA) is 90.2 Å². The van der Waals surface area contributed by atoms with Crippen molar-refractivity contribution in [2.45, 2.75) is 0 Å². The van der Waals surface area contributed by atoms with Crippen molar-refractivity contribution >= 4 is 11.6 Å². The molecule has 7 heteroatoms. The summed E-state index contributed by atoms with van der Waals surface area (Å²) in [7, 11) is 2.93. The fourth-order valence-corrected chi connectivity index (χ4v) is 0.756. The van der Waals surface area contributed by atoms with Gasteiger partial charge in [-0.1, -0.05) is 0 Å². The van der Waals surface area contributed by atoms with E-state index in [1.54, 1.807) is 7.05 Å². The molecule has 0 aliphatic carbocycles. The number of hydrogen-bond acceptors (Lipinski definition) is 6. The smallest absolute Gasteiger partial charge is 0.349 e. The van der Waals surface area contributed by atoms with Crippen LogP contribution in [0.25, 0.3) is 0 Å². The SMILES string of the molecule is CNc1ncc([N+](=O)[O-])c(OC)n1. The Morgan fingerprint density at radius 3 is 2.85 bits per heavy atom. The number of nitrogens with one attached hydrogen (secondary N) is 1. The normalized spacial score (nSPS) is 9.38. The molecule has 0 saturated carbocycles. The molecular weight excluding hydrogens is 176 g/mol. The maximum atomic E-state index is 10.4. The second-order valence-corrected chi connectivity index (χ2v) is 2.10. The summed E-state index contributed by atoms with van der Waals surface area (Å²) in [5.74, 6) is 0.229. The van der Waals surface area contributed by atoms with E-state index in [1.165, 1.54) is 7.11 Å². The Bertz CT molecular complexity index is 328. The Hall–Kier alpha value is -1.92. The third-order valence-corrected chi connectivity index (χ3v) is 1.35. The van der Waals surface area contributed by atoms with Crippen LogP contribution in [0.3, 0.4) is 0 Å². The van der Waals surface area contributed by atoms with E-state index in [4.69, 9.17) is 4.74 Å². The summed E-state index contributed by atoms with van der Waals surface area (Å²) in [4.78, 5) is 17.2. The largest absolute Gasteiger partial charge is 0.476 e. The molecule has 13 heavy (non-hydrogen) atoms. The van der Waals surface area contributed by atoms with Crippen molar-refractivity contribution in [3.63, 3.8) is 0 Å². The van der Waals surface area contributed by atoms with Crippen molar-refractivity contribution < 1.29 is 9.66 Å². The van der Waals surface area contributed by atoms with E-state index in [2.05, 4.69) is 15.3 Å². The van der Waals surface area contributed by atoms with Crippen LogP contribution in [-0.2, 0) is 0 Å². The first kappa shape index (κ1) is 9.17. The lowest BCUT2D eigenvalue weighted by Crippen LogP contribution is -2.01. The van der Waals surface area contributed by atoms with Gasteiger partial charge in [0.1, 0.15) is 6.20 Å². The fraction of sp³-hybridized carbons (Fsp3) is 0.333. The van der Waals surface area contributed by atoms with Gasteiger partial charge < -0.3 is 10.1 Å². The van der Waals surface area contributed by atoms with Gasteiger partial charge in [-0.25, -0.2) is 4.98 Å². The van der Waals surface area contributed by atoms with Gasteiger partial charge in [0.15, 0.2) is 0 Å². The lowest BCUT2D eigenvalue weighted by Gasteiger charge is -2.01. The zero-order valence-electron chi connectivity index (χ0n) is 7.14. The van der Waals surface area contributed by atoms with E-state index >= 15 is 0 Å². The van der Waals surface area contributed by atoms with Crippen molar-refractivity contribution in [2.24, 2.45) is 0 Å². The highest BCUT2D eigenvalue weighted by atomic mass is 16.6. The Morgan fingerprint density at radius 1 is 1.69 bits per heavy atom. The molecule has 0 aromatic carbocycles. The van der Waals surface area contributed by atoms with E-state index < -0.39 is 4.92 Å². The van der Waals surface area contributed by atoms with Gasteiger partial charge in [-0.3, -0.25) is 10.1 Å². The molecule has 0 fully saturated rings. The van der Waals surface area contributed by atoms with Crippen LogP contribution in [0.5, 0.6) is 5.88 Å². The van der Waals surface area contributed by atoms with Crippen molar-refractivity contribution in [2.75, 3.05) is 19.5 Å². The molecule has 0 unspecified atom stereocenters. The van der Waals surface area contributed by atoms with Gasteiger partial charge in [0.05, 0.1) is 12.0 Å². The van der Waals surface area contributed by atoms with Gasteiger partial charge in [-0.2, -0.15) is 4.98 Å². The molecule has 70 valence electrons. The summed E-state index contributed by atoms with van der Waals surface area (Å²) >= 11 is 0. The zero-order chi connectivity index (χ0) is 9.84. The summed E-state index contributed by atoms with van der Waals surface area (Å²) in [6.07, 6.45) is 1.09. The molecule has 1 rings (SSSR count). The first-order valence-electron chi connectivity index (χ1n) is 3.42. The first-order valence-corrected chi connectivity index (χ1v) is 3.42. The van der Waals surface area contributed by atoms with Crippen LogP contribution in [0.4, 0.5) is 11.6 Å². The number of anilines is 1. The van der Waals surface area contributed by atoms with E-state index in [0.29, 0.717) is 0 Å². The highest BCUT2D eigenvalue weighted by molar-refractivity contribution is 5.42. The molecule has 0 aliphatic heterocycles. The lowest BCUT2D eigenvalue weighted by molar-refractivity contribution is -0.386. The molecule has 0 atom stereocenters. The maximum Gasteiger partial charge on any atom is 0.349 e. The van der Waals surface area contributed by atoms with Crippen LogP contribution in [-0.4, -0.2) is 29.0 Å². The monoisotopic (exact) mass is 184 g/mol. The summed E-state index contributed by atoms with van der Waals surface area (Å²) in [6.45, 7) is 0. The van der Waals surface area contributed by atoms with Crippen LogP contribution in [0, 0.1) is 10.1 Å². The predicted octanol–water partition coefficient (Wildman–Crippen LogP) is 0.435. The van der Waals surface area contributed by atoms with Crippen LogP contribution in [0.1, 0.15) is 0 Å². The summed E-state index contributed by atoms with van der Waals surface area (Å²) < 4.78 is 4.72. The molecule has 0 aliphatic rings. The molecule has 1 N–H and O–H groups in total. The molecule has 0 spiro atoms. The lowest BCUT2D eigenvalue weighted by atomic mass is 10.5. The van der Waals surface area contributed by atoms with E-state index in [-0.39, 0.29) is 17.5 Å². The Balaban J connectivity index is 3.15. The van der Waals surface area contributed by atoms with Crippen molar-refractivity contribution in [1.29, 1.82) is 0 Å². The quantitative estimate of drug-likeness (QED) is 0.541. The summed E-state index contributed by atoms with van der Waals surface area (Å²) in [6, 6.07) is 0. The molecule has 0 bridgehead atoms. The average Bonchev–Trinajstić information content (AvgIpc) is 2.16. The van der Waals surface area contributed by atoms with Crippen LogP contribution in [0.15, 0.2) is 6.20 Å². The minimum atomic E-state index is -0.599. The number of ether oxygens (including phenoxy) is 1. The average molecular weight is 184 g/mol. The highest BCUT2D eigenvalue weighted by Gasteiger charge is 2.17. The second-order valence-electron chi connectivity index (χ2n) is 2.10. The zero-order valence-corrected chi connectivity index (χ0v) is 7.14. The Labute approximate surface area is 73.9 Å². The number of aromatic nitrogens is 2. The third-order valence-electron chi connectivity index (χ3n) is 1.35. The van der Waals surface area contributed by atoms with Crippen molar-refractivity contribution in [3.8, 4) is 5.88 Å². The van der Waals surface area contributed by atoms with Gasteiger partial charge >= 0.3 is 5.69 Å². The highest BCUT2D eigenvalue weighted by Crippen LogP contribution is 2.23. The number of nitro groups is 1. The molecule has 1 heterocycles. The molecule has 0 radical (unpaired) electrons. The molecule has 0 saturated heterocycles. The number of hydrogen-bond donors (Lipinski definition) is 1. The van der Waals surface area contributed by atoms with Gasteiger partial charge in [0.25, 0.3) is 5.88 Å². The number of methoxy groups -OCH3 is 1.